The van der Waals surface area contributed by atoms with E-state index in [1.807, 2.05) is 38.1 Å². The fourth-order valence-electron chi connectivity index (χ4n) is 1.96. The Hall–Kier alpha value is -2.09. The number of rotatable bonds is 2. The van der Waals surface area contributed by atoms with Crippen molar-refractivity contribution in [1.29, 1.82) is 0 Å². The van der Waals surface area contributed by atoms with E-state index in [4.69, 9.17) is 4.74 Å². The zero-order valence-corrected chi connectivity index (χ0v) is 10.9. The third-order valence-electron chi connectivity index (χ3n) is 2.98. The van der Waals surface area contributed by atoms with E-state index in [9.17, 15) is 4.79 Å². The first-order valence-corrected chi connectivity index (χ1v) is 5.87. The monoisotopic (exact) mass is 240 g/mol. The van der Waals surface area contributed by atoms with Crippen molar-refractivity contribution >= 4 is 16.7 Å². The van der Waals surface area contributed by atoms with Gasteiger partial charge in [-0.05, 0) is 43.4 Å². The predicted molar refractivity (Wildman–Crippen MR) is 73.9 cm³/mol. The lowest BCUT2D eigenvalue weighted by atomic mass is 10.0. The molecule has 2 aromatic carbocycles. The topological polar surface area (TPSA) is 26.3 Å². The van der Waals surface area contributed by atoms with Gasteiger partial charge in [0.15, 0.2) is 0 Å². The van der Waals surface area contributed by atoms with E-state index in [-0.39, 0.29) is 5.97 Å². The van der Waals surface area contributed by atoms with E-state index in [0.717, 1.165) is 16.3 Å². The summed E-state index contributed by atoms with van der Waals surface area (Å²) in [7, 11) is 0. The molecule has 0 aliphatic heterocycles. The minimum atomic E-state index is -0.386. The van der Waals surface area contributed by atoms with Crippen molar-refractivity contribution < 1.29 is 9.53 Å². The number of aryl methyl sites for hydroxylation is 2. The van der Waals surface area contributed by atoms with Crippen LogP contribution in [-0.2, 0) is 4.79 Å². The molecule has 0 atom stereocenters. The third kappa shape index (κ3) is 2.14. The van der Waals surface area contributed by atoms with Gasteiger partial charge in [-0.1, -0.05) is 30.8 Å². The number of esters is 1. The molecule has 0 unspecified atom stereocenters. The van der Waals surface area contributed by atoms with Crippen molar-refractivity contribution in [1.82, 2.24) is 0 Å². The molecule has 0 aliphatic rings. The highest BCUT2D eigenvalue weighted by Gasteiger charge is 2.11. The van der Waals surface area contributed by atoms with Crippen LogP contribution in [0.25, 0.3) is 10.8 Å². The molecule has 0 spiro atoms. The molecular formula is C16H16O2. The highest BCUT2D eigenvalue weighted by Crippen LogP contribution is 2.31. The molecule has 0 saturated carbocycles. The van der Waals surface area contributed by atoms with Crippen molar-refractivity contribution in [3.63, 3.8) is 0 Å². The maximum atomic E-state index is 11.6. The Morgan fingerprint density at radius 2 is 1.78 bits per heavy atom. The number of carbonyl (C=O) groups excluding carboxylic acids is 1. The van der Waals surface area contributed by atoms with Crippen LogP contribution in [0.5, 0.6) is 5.75 Å². The molecule has 92 valence electrons. The van der Waals surface area contributed by atoms with Crippen molar-refractivity contribution in [3.8, 4) is 5.75 Å². The van der Waals surface area contributed by atoms with E-state index in [1.54, 1.807) is 6.92 Å². The molecule has 0 aromatic heterocycles. The van der Waals surface area contributed by atoms with Crippen LogP contribution >= 0.6 is 0 Å². The van der Waals surface area contributed by atoms with E-state index in [2.05, 4.69) is 12.6 Å². The molecule has 0 N–H and O–H groups in total. The van der Waals surface area contributed by atoms with E-state index >= 15 is 0 Å². The molecule has 2 aromatic rings. The number of ether oxygens (including phenoxy) is 1. The van der Waals surface area contributed by atoms with Crippen LogP contribution in [0.3, 0.4) is 0 Å². The molecule has 2 rings (SSSR count). The SMILES string of the molecule is C=C(C)C(=O)Oc1cccc2c(C)ccc(C)c12. The number of fused-ring (bicyclic) bond motifs is 1. The van der Waals surface area contributed by atoms with E-state index < -0.39 is 0 Å². The Kier molecular flexibility index (Phi) is 3.19. The zero-order valence-electron chi connectivity index (χ0n) is 10.9. The molecule has 2 heteroatoms. The summed E-state index contributed by atoms with van der Waals surface area (Å²) >= 11 is 0. The smallest absolute Gasteiger partial charge is 0.338 e. The molecule has 0 radical (unpaired) electrons. The quantitative estimate of drug-likeness (QED) is 0.451. The lowest BCUT2D eigenvalue weighted by molar-refractivity contribution is -0.129. The molecule has 2 nitrogen and oxygen atoms in total. The van der Waals surface area contributed by atoms with Crippen LogP contribution < -0.4 is 4.74 Å². The van der Waals surface area contributed by atoms with Crippen LogP contribution in [0.4, 0.5) is 0 Å². The molecule has 0 bridgehead atoms. The van der Waals surface area contributed by atoms with Gasteiger partial charge >= 0.3 is 5.97 Å². The zero-order chi connectivity index (χ0) is 13.3. The number of hydrogen-bond acceptors (Lipinski definition) is 2. The second-order valence-corrected chi connectivity index (χ2v) is 4.55. The number of hydrogen-bond donors (Lipinski definition) is 0. The first kappa shape index (κ1) is 12.4. The van der Waals surface area contributed by atoms with Gasteiger partial charge in [-0.15, -0.1) is 0 Å². The summed E-state index contributed by atoms with van der Waals surface area (Å²) in [5, 5.41) is 2.11. The van der Waals surface area contributed by atoms with Gasteiger partial charge in [0.2, 0.25) is 0 Å². The fraction of sp³-hybridized carbons (Fsp3) is 0.188. The third-order valence-corrected chi connectivity index (χ3v) is 2.98. The van der Waals surface area contributed by atoms with Gasteiger partial charge in [0, 0.05) is 11.0 Å². The van der Waals surface area contributed by atoms with Crippen molar-refractivity contribution in [2.24, 2.45) is 0 Å². The van der Waals surface area contributed by atoms with Crippen LogP contribution in [0.1, 0.15) is 18.1 Å². The summed E-state index contributed by atoms with van der Waals surface area (Å²) in [5.74, 6) is 0.213. The van der Waals surface area contributed by atoms with Gasteiger partial charge in [-0.25, -0.2) is 4.79 Å². The lowest BCUT2D eigenvalue weighted by Crippen LogP contribution is -2.08. The van der Waals surface area contributed by atoms with E-state index in [1.165, 1.54) is 5.56 Å². The molecule has 0 amide bonds. The van der Waals surface area contributed by atoms with Gasteiger partial charge < -0.3 is 4.74 Å². The number of carbonyl (C=O) groups is 1. The molecule has 0 saturated heterocycles. The molecule has 0 fully saturated rings. The Bertz CT molecular complexity index is 639. The predicted octanol–water partition coefficient (Wildman–Crippen LogP) is 3.94. The van der Waals surface area contributed by atoms with E-state index in [0.29, 0.717) is 11.3 Å². The summed E-state index contributed by atoms with van der Waals surface area (Å²) in [6.45, 7) is 9.30. The van der Waals surface area contributed by atoms with Crippen molar-refractivity contribution in [3.05, 3.63) is 53.6 Å². The Labute approximate surface area is 107 Å². The highest BCUT2D eigenvalue weighted by atomic mass is 16.5. The van der Waals surface area contributed by atoms with Gasteiger partial charge in [0.1, 0.15) is 5.75 Å². The molecule has 0 heterocycles. The molecular weight excluding hydrogens is 224 g/mol. The van der Waals surface area contributed by atoms with Gasteiger partial charge in [-0.2, -0.15) is 0 Å². The van der Waals surface area contributed by atoms with Gasteiger partial charge in [0.05, 0.1) is 0 Å². The lowest BCUT2D eigenvalue weighted by Gasteiger charge is -2.11. The maximum absolute atomic E-state index is 11.6. The Morgan fingerprint density at radius 1 is 1.11 bits per heavy atom. The summed E-state index contributed by atoms with van der Waals surface area (Å²) in [6, 6.07) is 9.86. The minimum Gasteiger partial charge on any atom is -0.423 e. The average molecular weight is 240 g/mol. The Balaban J connectivity index is 2.61. The van der Waals surface area contributed by atoms with Crippen LogP contribution in [0.2, 0.25) is 0 Å². The highest BCUT2D eigenvalue weighted by molar-refractivity contribution is 5.97. The summed E-state index contributed by atoms with van der Waals surface area (Å²) < 4.78 is 5.39. The normalized spacial score (nSPS) is 10.4. The summed E-state index contributed by atoms with van der Waals surface area (Å²) in [5.41, 5.74) is 2.67. The van der Waals surface area contributed by atoms with Gasteiger partial charge in [0.25, 0.3) is 0 Å². The minimum absolute atomic E-state index is 0.386. The Morgan fingerprint density at radius 3 is 2.44 bits per heavy atom. The van der Waals surface area contributed by atoms with Crippen LogP contribution in [-0.4, -0.2) is 5.97 Å². The van der Waals surface area contributed by atoms with Crippen LogP contribution in [0.15, 0.2) is 42.5 Å². The van der Waals surface area contributed by atoms with Crippen molar-refractivity contribution in [2.75, 3.05) is 0 Å². The molecule has 18 heavy (non-hydrogen) atoms. The second kappa shape index (κ2) is 4.65. The first-order valence-electron chi connectivity index (χ1n) is 5.87. The summed E-state index contributed by atoms with van der Waals surface area (Å²) in [6.07, 6.45) is 0. The first-order chi connectivity index (χ1) is 8.50. The largest absolute Gasteiger partial charge is 0.423 e. The van der Waals surface area contributed by atoms with Crippen LogP contribution in [0, 0.1) is 13.8 Å². The van der Waals surface area contributed by atoms with Gasteiger partial charge in [-0.3, -0.25) is 0 Å². The fourth-order valence-corrected chi connectivity index (χ4v) is 1.96. The standard InChI is InChI=1S/C16H16O2/c1-10(2)16(17)18-14-7-5-6-13-11(3)8-9-12(4)15(13)14/h5-9H,1H2,2-4H3. The maximum Gasteiger partial charge on any atom is 0.338 e. The average Bonchev–Trinajstić information content (AvgIpc) is 2.34. The van der Waals surface area contributed by atoms with Crippen molar-refractivity contribution in [2.45, 2.75) is 20.8 Å². The number of benzene rings is 2. The second-order valence-electron chi connectivity index (χ2n) is 4.55. The summed E-state index contributed by atoms with van der Waals surface area (Å²) in [4.78, 5) is 11.6. The molecule has 0 aliphatic carbocycles.